The number of aliphatic hydroxyl groups is 1. The van der Waals surface area contributed by atoms with Crippen LogP contribution >= 0.6 is 0 Å². The molecule has 1 aromatic carbocycles. The number of hydrogen-bond acceptors (Lipinski definition) is 4. The number of amides is 1. The Bertz CT molecular complexity index is 637. The van der Waals surface area contributed by atoms with Gasteiger partial charge in [0.1, 0.15) is 11.2 Å². The highest BCUT2D eigenvalue weighted by Gasteiger charge is 2.45. The Hall–Kier alpha value is -2.24. The minimum atomic E-state index is -1.45. The van der Waals surface area contributed by atoms with Crippen molar-refractivity contribution in [2.45, 2.75) is 57.3 Å². The second kappa shape index (κ2) is 7.76. The highest BCUT2D eigenvalue weighted by atomic mass is 16.6. The normalized spacial score (nSPS) is 20.3. The summed E-state index contributed by atoms with van der Waals surface area (Å²) >= 11 is 0. The van der Waals surface area contributed by atoms with Crippen LogP contribution in [0.4, 0.5) is 4.79 Å². The van der Waals surface area contributed by atoms with Gasteiger partial charge in [0.2, 0.25) is 0 Å². The van der Waals surface area contributed by atoms with Gasteiger partial charge in [-0.1, -0.05) is 35.4 Å². The first-order chi connectivity index (χ1) is 11.8. The minimum Gasteiger partial charge on any atom is -0.444 e. The standard InChI is InChI=1S/C18H26N4O3/c1-17(2,3)25-16(23)22-12-8-7-11-15(22)18(24,13-20-21-19)14-9-5-4-6-10-14/h4-6,9-10,15,24H,7-8,11-13H2,1-3H3/t15-,18+/m0/s1. The van der Waals surface area contributed by atoms with Gasteiger partial charge in [-0.25, -0.2) is 4.79 Å². The van der Waals surface area contributed by atoms with Gasteiger partial charge in [0.25, 0.3) is 0 Å². The molecule has 2 atom stereocenters. The molecule has 1 saturated heterocycles. The molecule has 1 aromatic rings. The van der Waals surface area contributed by atoms with Crippen LogP contribution in [0.5, 0.6) is 0 Å². The average Bonchev–Trinajstić information content (AvgIpc) is 2.59. The van der Waals surface area contributed by atoms with E-state index < -0.39 is 23.3 Å². The first kappa shape index (κ1) is 19.1. The van der Waals surface area contributed by atoms with Crippen LogP contribution in [0.2, 0.25) is 0 Å². The van der Waals surface area contributed by atoms with Gasteiger partial charge >= 0.3 is 6.09 Å². The third-order valence-corrected chi connectivity index (χ3v) is 4.33. The van der Waals surface area contributed by atoms with E-state index in [1.165, 1.54) is 0 Å². The Labute approximate surface area is 148 Å². The van der Waals surface area contributed by atoms with Gasteiger partial charge in [-0.05, 0) is 51.1 Å². The molecule has 0 radical (unpaired) electrons. The van der Waals surface area contributed by atoms with Crippen molar-refractivity contribution in [3.05, 3.63) is 46.3 Å². The summed E-state index contributed by atoms with van der Waals surface area (Å²) in [5.41, 5.74) is 7.30. The largest absolute Gasteiger partial charge is 0.444 e. The lowest BCUT2D eigenvalue weighted by atomic mass is 9.81. The number of benzene rings is 1. The first-order valence-corrected chi connectivity index (χ1v) is 8.56. The van der Waals surface area contributed by atoms with Crippen molar-refractivity contribution in [1.29, 1.82) is 0 Å². The van der Waals surface area contributed by atoms with Crippen molar-refractivity contribution in [3.63, 3.8) is 0 Å². The van der Waals surface area contributed by atoms with Crippen molar-refractivity contribution >= 4 is 6.09 Å². The number of nitrogens with zero attached hydrogens (tertiary/aromatic N) is 4. The van der Waals surface area contributed by atoms with Gasteiger partial charge in [0.15, 0.2) is 0 Å². The number of likely N-dealkylation sites (tertiary alicyclic amines) is 1. The molecular formula is C18H26N4O3. The molecule has 1 N–H and O–H groups in total. The first-order valence-electron chi connectivity index (χ1n) is 8.56. The molecule has 2 rings (SSSR count). The van der Waals surface area contributed by atoms with E-state index in [2.05, 4.69) is 10.0 Å². The summed E-state index contributed by atoms with van der Waals surface area (Å²) < 4.78 is 5.52. The van der Waals surface area contributed by atoms with E-state index >= 15 is 0 Å². The molecule has 0 bridgehead atoms. The molecule has 1 amide bonds. The van der Waals surface area contributed by atoms with Crippen molar-refractivity contribution < 1.29 is 14.6 Å². The highest BCUT2D eigenvalue weighted by molar-refractivity contribution is 5.69. The van der Waals surface area contributed by atoms with E-state index in [1.54, 1.807) is 17.0 Å². The summed E-state index contributed by atoms with van der Waals surface area (Å²) in [5, 5.41) is 15.1. The monoisotopic (exact) mass is 346 g/mol. The summed E-state index contributed by atoms with van der Waals surface area (Å²) in [4.78, 5) is 17.0. The second-order valence-corrected chi connectivity index (χ2v) is 7.36. The molecule has 136 valence electrons. The topological polar surface area (TPSA) is 98.5 Å². The Kier molecular flexibility index (Phi) is 5.93. The second-order valence-electron chi connectivity index (χ2n) is 7.36. The lowest BCUT2D eigenvalue weighted by Gasteiger charge is -2.45. The zero-order valence-corrected chi connectivity index (χ0v) is 15.1. The molecule has 1 aliphatic heterocycles. The SMILES string of the molecule is CC(C)(C)OC(=O)N1CCCC[C@H]1[C@@](O)(CN=[N+]=[N-])c1ccccc1. The van der Waals surface area contributed by atoms with Gasteiger partial charge in [-0.2, -0.15) is 0 Å². The maximum absolute atomic E-state index is 12.7. The molecule has 0 aromatic heterocycles. The van der Waals surface area contributed by atoms with Crippen molar-refractivity contribution in [2.75, 3.05) is 13.1 Å². The zero-order valence-electron chi connectivity index (χ0n) is 15.1. The molecular weight excluding hydrogens is 320 g/mol. The number of carbonyl (C=O) groups is 1. The Morgan fingerprint density at radius 3 is 2.64 bits per heavy atom. The van der Waals surface area contributed by atoms with Gasteiger partial charge in [0.05, 0.1) is 12.6 Å². The van der Waals surface area contributed by atoms with E-state index in [0.29, 0.717) is 18.5 Å². The fraction of sp³-hybridized carbons (Fsp3) is 0.611. The third kappa shape index (κ3) is 4.65. The van der Waals surface area contributed by atoms with Crippen molar-refractivity contribution in [1.82, 2.24) is 4.90 Å². The summed E-state index contributed by atoms with van der Waals surface area (Å²) in [6.07, 6.45) is 1.90. The fourth-order valence-electron chi connectivity index (χ4n) is 3.22. The number of carbonyl (C=O) groups excluding carboxylic acids is 1. The smallest absolute Gasteiger partial charge is 0.410 e. The Morgan fingerprint density at radius 1 is 1.36 bits per heavy atom. The van der Waals surface area contributed by atoms with Gasteiger partial charge < -0.3 is 14.7 Å². The van der Waals surface area contributed by atoms with Gasteiger partial charge in [-0.3, -0.25) is 0 Å². The molecule has 7 nitrogen and oxygen atoms in total. The Morgan fingerprint density at radius 2 is 2.04 bits per heavy atom. The summed E-state index contributed by atoms with van der Waals surface area (Å²) in [7, 11) is 0. The quantitative estimate of drug-likeness (QED) is 0.507. The van der Waals surface area contributed by atoms with Crippen LogP contribution in [0, 0.1) is 0 Å². The van der Waals surface area contributed by atoms with E-state index in [1.807, 2.05) is 39.0 Å². The lowest BCUT2D eigenvalue weighted by Crippen LogP contribution is -2.57. The van der Waals surface area contributed by atoms with E-state index in [9.17, 15) is 9.90 Å². The number of hydrogen-bond donors (Lipinski definition) is 1. The van der Waals surface area contributed by atoms with Crippen LogP contribution in [-0.4, -0.2) is 40.8 Å². The summed E-state index contributed by atoms with van der Waals surface area (Å²) in [5.74, 6) is 0. The van der Waals surface area contributed by atoms with Gasteiger partial charge in [0, 0.05) is 11.5 Å². The number of azide groups is 1. The summed E-state index contributed by atoms with van der Waals surface area (Å²) in [6, 6.07) is 8.55. The maximum Gasteiger partial charge on any atom is 0.410 e. The number of ether oxygens (including phenoxy) is 1. The predicted octanol–water partition coefficient (Wildman–Crippen LogP) is 3.97. The summed E-state index contributed by atoms with van der Waals surface area (Å²) in [6.45, 7) is 5.80. The molecule has 25 heavy (non-hydrogen) atoms. The molecule has 0 aliphatic carbocycles. The molecule has 0 saturated carbocycles. The Balaban J connectivity index is 2.38. The zero-order chi connectivity index (χ0) is 18.5. The number of rotatable bonds is 4. The molecule has 1 heterocycles. The maximum atomic E-state index is 12.7. The van der Waals surface area contributed by atoms with Crippen LogP contribution in [0.1, 0.15) is 45.6 Å². The van der Waals surface area contributed by atoms with Crippen LogP contribution < -0.4 is 0 Å². The molecule has 0 unspecified atom stereocenters. The minimum absolute atomic E-state index is 0.141. The van der Waals surface area contributed by atoms with E-state index in [4.69, 9.17) is 10.3 Å². The fourth-order valence-corrected chi connectivity index (χ4v) is 3.22. The van der Waals surface area contributed by atoms with Crippen molar-refractivity contribution in [3.8, 4) is 0 Å². The molecule has 0 spiro atoms. The highest BCUT2D eigenvalue weighted by Crippen LogP contribution is 2.35. The van der Waals surface area contributed by atoms with E-state index in [-0.39, 0.29) is 6.54 Å². The lowest BCUT2D eigenvalue weighted by molar-refractivity contribution is -0.0677. The van der Waals surface area contributed by atoms with E-state index in [0.717, 1.165) is 12.8 Å². The third-order valence-electron chi connectivity index (χ3n) is 4.33. The molecule has 1 fully saturated rings. The van der Waals surface area contributed by atoms with Gasteiger partial charge in [-0.15, -0.1) is 0 Å². The predicted molar refractivity (Wildman–Crippen MR) is 94.9 cm³/mol. The molecule has 1 aliphatic rings. The molecule has 7 heteroatoms. The van der Waals surface area contributed by atoms with Crippen molar-refractivity contribution in [2.24, 2.45) is 5.11 Å². The van der Waals surface area contributed by atoms with Crippen LogP contribution in [-0.2, 0) is 10.3 Å². The van der Waals surface area contributed by atoms with Crippen LogP contribution in [0.15, 0.2) is 35.4 Å². The number of piperidine rings is 1. The van der Waals surface area contributed by atoms with Crippen LogP contribution in [0.25, 0.3) is 10.4 Å². The average molecular weight is 346 g/mol. The van der Waals surface area contributed by atoms with Crippen LogP contribution in [0.3, 0.4) is 0 Å².